The third kappa shape index (κ3) is 4.03. The Morgan fingerprint density at radius 3 is 2.00 bits per heavy atom. The Balaban J connectivity index is 0.000000671. The first-order valence-corrected chi connectivity index (χ1v) is 4.37. The van der Waals surface area contributed by atoms with Gasteiger partial charge in [-0.25, -0.2) is 0 Å². The SMILES string of the molecule is CO.O=CC1CCC(C(=O)O)CC1. The van der Waals surface area contributed by atoms with Gasteiger partial charge in [0.2, 0.25) is 0 Å². The summed E-state index contributed by atoms with van der Waals surface area (Å²) in [5, 5.41) is 15.6. The van der Waals surface area contributed by atoms with Crippen LogP contribution in [0.5, 0.6) is 0 Å². The molecule has 4 heteroatoms. The van der Waals surface area contributed by atoms with Crippen LogP contribution in [-0.4, -0.2) is 29.6 Å². The van der Waals surface area contributed by atoms with Crippen molar-refractivity contribution in [2.24, 2.45) is 11.8 Å². The van der Waals surface area contributed by atoms with E-state index in [2.05, 4.69) is 0 Å². The molecule has 1 saturated carbocycles. The lowest BCUT2D eigenvalue weighted by molar-refractivity contribution is -0.143. The summed E-state index contributed by atoms with van der Waals surface area (Å²) in [7, 11) is 1.00. The van der Waals surface area contributed by atoms with Crippen molar-refractivity contribution < 1.29 is 19.8 Å². The molecule has 0 heterocycles. The Labute approximate surface area is 77.6 Å². The van der Waals surface area contributed by atoms with Crippen molar-refractivity contribution in [2.45, 2.75) is 25.7 Å². The van der Waals surface area contributed by atoms with Crippen molar-refractivity contribution in [1.29, 1.82) is 0 Å². The molecule has 0 radical (unpaired) electrons. The van der Waals surface area contributed by atoms with E-state index in [9.17, 15) is 9.59 Å². The van der Waals surface area contributed by atoms with Crippen molar-refractivity contribution in [3.8, 4) is 0 Å². The van der Waals surface area contributed by atoms with Gasteiger partial charge in [0.15, 0.2) is 0 Å². The molecule has 0 bridgehead atoms. The number of carboxylic acid groups (broad SMARTS) is 1. The molecular formula is C9H16O4. The van der Waals surface area contributed by atoms with Crippen LogP contribution < -0.4 is 0 Å². The van der Waals surface area contributed by atoms with Crippen molar-refractivity contribution in [2.75, 3.05) is 7.11 Å². The number of aldehydes is 1. The Morgan fingerprint density at radius 1 is 1.23 bits per heavy atom. The molecule has 0 spiro atoms. The van der Waals surface area contributed by atoms with Gasteiger partial charge in [-0.15, -0.1) is 0 Å². The van der Waals surface area contributed by atoms with E-state index in [4.69, 9.17) is 10.2 Å². The van der Waals surface area contributed by atoms with Gasteiger partial charge in [0.05, 0.1) is 5.92 Å². The highest BCUT2D eigenvalue weighted by Crippen LogP contribution is 2.27. The van der Waals surface area contributed by atoms with Gasteiger partial charge in [-0.1, -0.05) is 0 Å². The summed E-state index contributed by atoms with van der Waals surface area (Å²) in [6.07, 6.45) is 3.77. The monoisotopic (exact) mass is 188 g/mol. The number of hydrogen-bond acceptors (Lipinski definition) is 3. The second-order valence-electron chi connectivity index (χ2n) is 3.09. The van der Waals surface area contributed by atoms with Crippen LogP contribution in [0.2, 0.25) is 0 Å². The summed E-state index contributed by atoms with van der Waals surface area (Å²) in [6, 6.07) is 0. The number of carboxylic acids is 1. The Bertz CT molecular complexity index is 159. The number of rotatable bonds is 2. The number of aliphatic carboxylic acids is 1. The summed E-state index contributed by atoms with van der Waals surface area (Å²) < 4.78 is 0. The van der Waals surface area contributed by atoms with Gasteiger partial charge in [0, 0.05) is 13.0 Å². The van der Waals surface area contributed by atoms with E-state index in [0.29, 0.717) is 12.8 Å². The second-order valence-corrected chi connectivity index (χ2v) is 3.09. The molecule has 0 atom stereocenters. The van der Waals surface area contributed by atoms with E-state index in [1.807, 2.05) is 0 Å². The van der Waals surface area contributed by atoms with Gasteiger partial charge in [-0.3, -0.25) is 4.79 Å². The zero-order chi connectivity index (χ0) is 10.3. The predicted molar refractivity (Wildman–Crippen MR) is 47.3 cm³/mol. The minimum Gasteiger partial charge on any atom is -0.481 e. The van der Waals surface area contributed by atoms with E-state index >= 15 is 0 Å². The molecule has 76 valence electrons. The fraction of sp³-hybridized carbons (Fsp3) is 0.778. The highest BCUT2D eigenvalue weighted by molar-refractivity contribution is 5.70. The molecule has 1 fully saturated rings. The third-order valence-electron chi connectivity index (χ3n) is 2.31. The summed E-state index contributed by atoms with van der Waals surface area (Å²) in [5.74, 6) is -0.800. The molecule has 0 unspecified atom stereocenters. The average Bonchev–Trinajstić information content (AvgIpc) is 2.21. The first kappa shape index (κ1) is 12.1. The maximum absolute atomic E-state index is 10.5. The highest BCUT2D eigenvalue weighted by Gasteiger charge is 2.25. The molecular weight excluding hydrogens is 172 g/mol. The Morgan fingerprint density at radius 2 is 1.69 bits per heavy atom. The smallest absolute Gasteiger partial charge is 0.306 e. The molecule has 1 aliphatic carbocycles. The molecule has 0 saturated heterocycles. The molecule has 1 rings (SSSR count). The first-order chi connectivity index (χ1) is 6.24. The number of aliphatic hydroxyl groups excluding tert-OH is 1. The molecule has 1 aliphatic rings. The molecule has 0 aromatic heterocycles. The number of carbonyl (C=O) groups is 2. The maximum atomic E-state index is 10.5. The van der Waals surface area contributed by atoms with Gasteiger partial charge >= 0.3 is 5.97 Å². The van der Waals surface area contributed by atoms with E-state index in [-0.39, 0.29) is 11.8 Å². The topological polar surface area (TPSA) is 74.6 Å². The lowest BCUT2D eigenvalue weighted by Crippen LogP contribution is -2.21. The van der Waals surface area contributed by atoms with Crippen molar-refractivity contribution in [3.05, 3.63) is 0 Å². The largest absolute Gasteiger partial charge is 0.481 e. The molecule has 2 N–H and O–H groups in total. The summed E-state index contributed by atoms with van der Waals surface area (Å²) in [6.45, 7) is 0. The zero-order valence-corrected chi connectivity index (χ0v) is 7.77. The van der Waals surface area contributed by atoms with Crippen LogP contribution in [0.15, 0.2) is 0 Å². The number of aliphatic hydroxyl groups is 1. The third-order valence-corrected chi connectivity index (χ3v) is 2.31. The lowest BCUT2D eigenvalue weighted by Gasteiger charge is -2.21. The Kier molecular flexibility index (Phi) is 6.14. The normalized spacial score (nSPS) is 26.9. The zero-order valence-electron chi connectivity index (χ0n) is 7.77. The molecule has 0 aliphatic heterocycles. The summed E-state index contributed by atoms with van der Waals surface area (Å²) >= 11 is 0. The Hall–Kier alpha value is -0.900. The summed E-state index contributed by atoms with van der Waals surface area (Å²) in [4.78, 5) is 20.8. The van der Waals surface area contributed by atoms with Crippen LogP contribution in [0.4, 0.5) is 0 Å². The molecule has 13 heavy (non-hydrogen) atoms. The van der Waals surface area contributed by atoms with Gasteiger partial charge < -0.3 is 15.0 Å². The van der Waals surface area contributed by atoms with Crippen LogP contribution >= 0.6 is 0 Å². The second kappa shape index (κ2) is 6.60. The standard InChI is InChI=1S/C8H12O3.CH4O/c9-5-6-1-3-7(4-2-6)8(10)11;1-2/h5-7H,1-4H2,(H,10,11);2H,1H3. The van der Waals surface area contributed by atoms with E-state index < -0.39 is 5.97 Å². The van der Waals surface area contributed by atoms with Crippen molar-refractivity contribution >= 4 is 12.3 Å². The predicted octanol–water partition coefficient (Wildman–Crippen LogP) is 0.685. The highest BCUT2D eigenvalue weighted by atomic mass is 16.4. The number of carbonyl (C=O) groups excluding carboxylic acids is 1. The lowest BCUT2D eigenvalue weighted by atomic mass is 9.83. The summed E-state index contributed by atoms with van der Waals surface area (Å²) in [5.41, 5.74) is 0. The molecule has 0 amide bonds. The number of hydrogen-bond donors (Lipinski definition) is 2. The van der Waals surface area contributed by atoms with Gasteiger partial charge in [0.1, 0.15) is 6.29 Å². The maximum Gasteiger partial charge on any atom is 0.306 e. The van der Waals surface area contributed by atoms with E-state index in [0.717, 1.165) is 26.2 Å². The van der Waals surface area contributed by atoms with Crippen LogP contribution in [0.1, 0.15) is 25.7 Å². The van der Waals surface area contributed by atoms with Gasteiger partial charge in [-0.2, -0.15) is 0 Å². The van der Waals surface area contributed by atoms with Crippen LogP contribution in [-0.2, 0) is 9.59 Å². The van der Waals surface area contributed by atoms with E-state index in [1.165, 1.54) is 0 Å². The minimum atomic E-state index is -0.714. The fourth-order valence-electron chi connectivity index (χ4n) is 1.50. The fourth-order valence-corrected chi connectivity index (χ4v) is 1.50. The first-order valence-electron chi connectivity index (χ1n) is 4.37. The molecule has 0 aromatic rings. The van der Waals surface area contributed by atoms with Crippen LogP contribution in [0.3, 0.4) is 0 Å². The molecule has 0 aromatic carbocycles. The molecule has 4 nitrogen and oxygen atoms in total. The van der Waals surface area contributed by atoms with Crippen molar-refractivity contribution in [1.82, 2.24) is 0 Å². The van der Waals surface area contributed by atoms with Crippen LogP contribution in [0.25, 0.3) is 0 Å². The average molecular weight is 188 g/mol. The van der Waals surface area contributed by atoms with Gasteiger partial charge in [-0.05, 0) is 25.7 Å². The van der Waals surface area contributed by atoms with E-state index in [1.54, 1.807) is 0 Å². The quantitative estimate of drug-likeness (QED) is 0.625. The van der Waals surface area contributed by atoms with Crippen molar-refractivity contribution in [3.63, 3.8) is 0 Å². The van der Waals surface area contributed by atoms with Gasteiger partial charge in [0.25, 0.3) is 0 Å². The van der Waals surface area contributed by atoms with Crippen LogP contribution in [0, 0.1) is 11.8 Å². The minimum absolute atomic E-state index is 0.116.